The summed E-state index contributed by atoms with van der Waals surface area (Å²) in [5.74, 6) is 0. The molecule has 1 N–H and O–H groups in total. The van der Waals surface area contributed by atoms with Gasteiger partial charge in [0.25, 0.3) is 6.43 Å². The van der Waals surface area contributed by atoms with E-state index < -0.39 is 6.43 Å². The number of rotatable bonds is 4. The van der Waals surface area contributed by atoms with Crippen LogP contribution in [0.2, 0.25) is 0 Å². The molecule has 0 saturated heterocycles. The first kappa shape index (κ1) is 14.9. The highest BCUT2D eigenvalue weighted by Gasteiger charge is 2.09. The largest absolute Gasteiger partial charge is 0.380 e. The maximum Gasteiger partial charge on any atom is 0.263 e. The first-order chi connectivity index (χ1) is 10.0. The van der Waals surface area contributed by atoms with E-state index in [0.29, 0.717) is 23.5 Å². The van der Waals surface area contributed by atoms with Gasteiger partial charge in [0.05, 0.1) is 16.9 Å². The van der Waals surface area contributed by atoms with Gasteiger partial charge < -0.3 is 5.32 Å². The number of halogens is 2. The lowest BCUT2D eigenvalue weighted by Gasteiger charge is -2.11. The topological polar surface area (TPSA) is 48.7 Å². The molecular weight excluding hydrogens is 272 g/mol. The van der Waals surface area contributed by atoms with Gasteiger partial charge in [0, 0.05) is 17.8 Å². The molecule has 0 aliphatic rings. The first-order valence-electron chi connectivity index (χ1n) is 6.50. The molecule has 0 atom stereocenters. The number of nitriles is 1. The average molecular weight is 287 g/mol. The number of alkyl halides is 2. The second kappa shape index (κ2) is 6.31. The van der Waals surface area contributed by atoms with Crippen LogP contribution in [0.15, 0.2) is 30.3 Å². The van der Waals surface area contributed by atoms with Crippen molar-refractivity contribution in [2.75, 3.05) is 5.32 Å². The summed E-state index contributed by atoms with van der Waals surface area (Å²) in [4.78, 5) is 4.25. The Morgan fingerprint density at radius 3 is 2.48 bits per heavy atom. The summed E-state index contributed by atoms with van der Waals surface area (Å²) in [6, 6.07) is 10.1. The number of benzene rings is 1. The van der Waals surface area contributed by atoms with E-state index in [2.05, 4.69) is 16.4 Å². The van der Waals surface area contributed by atoms with E-state index in [1.54, 1.807) is 25.1 Å². The summed E-state index contributed by atoms with van der Waals surface area (Å²) in [6.07, 6.45) is -2.46. The number of aryl methyl sites for hydroxylation is 2. The van der Waals surface area contributed by atoms with Crippen LogP contribution in [-0.4, -0.2) is 4.98 Å². The van der Waals surface area contributed by atoms with Crippen molar-refractivity contribution >= 4 is 5.69 Å². The summed E-state index contributed by atoms with van der Waals surface area (Å²) >= 11 is 0. The maximum absolute atomic E-state index is 12.5. The summed E-state index contributed by atoms with van der Waals surface area (Å²) in [5.41, 5.74) is 3.59. The molecule has 1 aromatic carbocycles. The van der Waals surface area contributed by atoms with Crippen molar-refractivity contribution in [3.63, 3.8) is 0 Å². The molecule has 0 aliphatic carbocycles. The second-order valence-electron chi connectivity index (χ2n) is 4.78. The van der Waals surface area contributed by atoms with Gasteiger partial charge in [-0.05, 0) is 25.5 Å². The van der Waals surface area contributed by atoms with Gasteiger partial charge in [-0.15, -0.1) is 0 Å². The average Bonchev–Trinajstić information content (AvgIpc) is 2.45. The molecule has 21 heavy (non-hydrogen) atoms. The number of anilines is 1. The third kappa shape index (κ3) is 3.54. The normalized spacial score (nSPS) is 10.5. The standard InChI is InChI=1S/C16H15F2N3/c1-10-7-15(14(8-19)11(2)21-10)20-9-12-3-5-13(6-4-12)16(17)18/h3-7,16H,9H2,1-2H3,(H,20,21). The Bertz CT molecular complexity index is 673. The van der Waals surface area contributed by atoms with Crippen molar-refractivity contribution < 1.29 is 8.78 Å². The first-order valence-corrected chi connectivity index (χ1v) is 6.50. The molecule has 3 nitrogen and oxygen atoms in total. The molecule has 0 saturated carbocycles. The fraction of sp³-hybridized carbons (Fsp3) is 0.250. The zero-order valence-corrected chi connectivity index (χ0v) is 11.8. The van der Waals surface area contributed by atoms with Crippen molar-refractivity contribution in [1.29, 1.82) is 5.26 Å². The van der Waals surface area contributed by atoms with Crippen LogP contribution in [0.4, 0.5) is 14.5 Å². The maximum atomic E-state index is 12.5. The number of pyridine rings is 1. The molecule has 0 aliphatic heterocycles. The van der Waals surface area contributed by atoms with E-state index >= 15 is 0 Å². The molecule has 0 amide bonds. The highest BCUT2D eigenvalue weighted by molar-refractivity contribution is 5.60. The van der Waals surface area contributed by atoms with Crippen LogP contribution in [0.5, 0.6) is 0 Å². The molecule has 5 heteroatoms. The van der Waals surface area contributed by atoms with Gasteiger partial charge in [-0.2, -0.15) is 5.26 Å². The molecule has 0 bridgehead atoms. The summed E-state index contributed by atoms with van der Waals surface area (Å²) in [5, 5.41) is 12.3. The zero-order chi connectivity index (χ0) is 15.4. The van der Waals surface area contributed by atoms with E-state index in [9.17, 15) is 14.0 Å². The zero-order valence-electron chi connectivity index (χ0n) is 11.8. The Morgan fingerprint density at radius 1 is 1.24 bits per heavy atom. The Morgan fingerprint density at radius 2 is 1.90 bits per heavy atom. The Balaban J connectivity index is 2.15. The fourth-order valence-corrected chi connectivity index (χ4v) is 2.09. The number of hydrogen-bond acceptors (Lipinski definition) is 3. The van der Waals surface area contributed by atoms with E-state index in [1.165, 1.54) is 12.1 Å². The van der Waals surface area contributed by atoms with Crippen LogP contribution in [0, 0.1) is 25.2 Å². The lowest BCUT2D eigenvalue weighted by Crippen LogP contribution is -2.04. The fourth-order valence-electron chi connectivity index (χ4n) is 2.09. The molecule has 2 rings (SSSR count). The predicted molar refractivity (Wildman–Crippen MR) is 77.2 cm³/mol. The molecular formula is C16H15F2N3. The second-order valence-corrected chi connectivity index (χ2v) is 4.78. The molecule has 0 unspecified atom stereocenters. The van der Waals surface area contributed by atoms with Crippen molar-refractivity contribution in [2.24, 2.45) is 0 Å². The lowest BCUT2D eigenvalue weighted by atomic mass is 10.1. The van der Waals surface area contributed by atoms with Crippen LogP contribution in [-0.2, 0) is 6.54 Å². The summed E-state index contributed by atoms with van der Waals surface area (Å²) in [7, 11) is 0. The third-order valence-electron chi connectivity index (χ3n) is 3.15. The number of hydrogen-bond donors (Lipinski definition) is 1. The van der Waals surface area contributed by atoms with Gasteiger partial charge in [-0.25, -0.2) is 8.78 Å². The number of nitrogens with one attached hydrogen (secondary N) is 1. The molecule has 1 heterocycles. The minimum Gasteiger partial charge on any atom is -0.380 e. The molecule has 0 spiro atoms. The van der Waals surface area contributed by atoms with E-state index in [4.69, 9.17) is 0 Å². The van der Waals surface area contributed by atoms with Crippen LogP contribution in [0.25, 0.3) is 0 Å². The molecule has 0 radical (unpaired) electrons. The van der Waals surface area contributed by atoms with Gasteiger partial charge in [0.1, 0.15) is 6.07 Å². The van der Waals surface area contributed by atoms with E-state index in [1.807, 2.05) is 6.92 Å². The van der Waals surface area contributed by atoms with Gasteiger partial charge in [0.15, 0.2) is 0 Å². The Hall–Kier alpha value is -2.48. The Labute approximate surface area is 122 Å². The molecule has 2 aromatic rings. The van der Waals surface area contributed by atoms with Crippen molar-refractivity contribution in [3.05, 3.63) is 58.4 Å². The minimum atomic E-state index is -2.46. The molecule has 0 fully saturated rings. The smallest absolute Gasteiger partial charge is 0.263 e. The quantitative estimate of drug-likeness (QED) is 0.920. The van der Waals surface area contributed by atoms with Gasteiger partial charge >= 0.3 is 0 Å². The summed E-state index contributed by atoms with van der Waals surface area (Å²) < 4.78 is 25.0. The number of nitrogens with zero attached hydrogens (tertiary/aromatic N) is 2. The highest BCUT2D eigenvalue weighted by Crippen LogP contribution is 2.21. The van der Waals surface area contributed by atoms with E-state index in [0.717, 1.165) is 11.3 Å². The highest BCUT2D eigenvalue weighted by atomic mass is 19.3. The van der Waals surface area contributed by atoms with Crippen LogP contribution in [0.1, 0.15) is 34.5 Å². The van der Waals surface area contributed by atoms with Crippen molar-refractivity contribution in [3.8, 4) is 6.07 Å². The van der Waals surface area contributed by atoms with Gasteiger partial charge in [-0.3, -0.25) is 4.98 Å². The monoisotopic (exact) mass is 287 g/mol. The molecule has 108 valence electrons. The van der Waals surface area contributed by atoms with Crippen LogP contribution < -0.4 is 5.32 Å². The summed E-state index contributed by atoms with van der Waals surface area (Å²) in [6.45, 7) is 4.10. The predicted octanol–water partition coefficient (Wildman–Crippen LogP) is 4.12. The van der Waals surface area contributed by atoms with Gasteiger partial charge in [-0.1, -0.05) is 24.3 Å². The number of aromatic nitrogens is 1. The van der Waals surface area contributed by atoms with Crippen molar-refractivity contribution in [2.45, 2.75) is 26.8 Å². The van der Waals surface area contributed by atoms with E-state index in [-0.39, 0.29) is 5.56 Å². The molecule has 1 aromatic heterocycles. The van der Waals surface area contributed by atoms with Crippen molar-refractivity contribution in [1.82, 2.24) is 4.98 Å². The van der Waals surface area contributed by atoms with Gasteiger partial charge in [0.2, 0.25) is 0 Å². The lowest BCUT2D eigenvalue weighted by molar-refractivity contribution is 0.151. The minimum absolute atomic E-state index is 0.00654. The SMILES string of the molecule is Cc1cc(NCc2ccc(C(F)F)cc2)c(C#N)c(C)n1. The van der Waals surface area contributed by atoms with Crippen LogP contribution in [0.3, 0.4) is 0 Å². The van der Waals surface area contributed by atoms with Crippen LogP contribution >= 0.6 is 0 Å². The Kier molecular flexibility index (Phi) is 4.49. The third-order valence-corrected chi connectivity index (χ3v) is 3.15.